The highest BCUT2D eigenvalue weighted by Gasteiger charge is 2.30. The first kappa shape index (κ1) is 16.4. The van der Waals surface area contributed by atoms with E-state index in [0.717, 1.165) is 13.0 Å². The van der Waals surface area contributed by atoms with E-state index in [9.17, 15) is 4.79 Å². The second-order valence-electron chi connectivity index (χ2n) is 6.84. The molecule has 4 rings (SSSR count). The van der Waals surface area contributed by atoms with Gasteiger partial charge >= 0.3 is 0 Å². The van der Waals surface area contributed by atoms with Gasteiger partial charge in [-0.05, 0) is 37.3 Å². The first-order chi connectivity index (χ1) is 12.3. The molecule has 1 saturated carbocycles. The molecule has 1 aliphatic heterocycles. The first-order valence-electron chi connectivity index (χ1n) is 9.01. The molecular formula is C19H23N3O3. The van der Waals surface area contributed by atoms with Crippen molar-refractivity contribution in [2.24, 2.45) is 5.92 Å². The summed E-state index contributed by atoms with van der Waals surface area (Å²) >= 11 is 0. The van der Waals surface area contributed by atoms with E-state index in [4.69, 9.17) is 9.47 Å². The number of nitrogens with one attached hydrogen (secondary N) is 1. The average Bonchev–Trinajstić information content (AvgIpc) is 2.61. The van der Waals surface area contributed by atoms with Gasteiger partial charge in [0, 0.05) is 25.6 Å². The minimum absolute atomic E-state index is 0.0133. The van der Waals surface area contributed by atoms with Crippen molar-refractivity contribution >= 4 is 16.9 Å². The van der Waals surface area contributed by atoms with Crippen molar-refractivity contribution in [3.63, 3.8) is 0 Å². The number of ether oxygens (including phenoxy) is 2. The lowest BCUT2D eigenvalue weighted by Crippen LogP contribution is -2.51. The van der Waals surface area contributed by atoms with Gasteiger partial charge in [-0.25, -0.2) is 0 Å². The van der Waals surface area contributed by atoms with Crippen molar-refractivity contribution in [3.8, 4) is 0 Å². The topological polar surface area (TPSA) is 73.3 Å². The Bertz CT molecular complexity index is 742. The number of hydrogen-bond acceptors (Lipinski definition) is 5. The molecule has 1 saturated heterocycles. The average molecular weight is 341 g/mol. The smallest absolute Gasteiger partial charge is 0.253 e. The van der Waals surface area contributed by atoms with E-state index in [-0.39, 0.29) is 18.1 Å². The Morgan fingerprint density at radius 3 is 2.96 bits per heavy atom. The Morgan fingerprint density at radius 2 is 2.12 bits per heavy atom. The van der Waals surface area contributed by atoms with Crippen molar-refractivity contribution in [3.05, 3.63) is 36.2 Å². The number of hydrogen-bond donors (Lipinski definition) is 1. The summed E-state index contributed by atoms with van der Waals surface area (Å²) in [5, 5.41) is 3.08. The summed E-state index contributed by atoms with van der Waals surface area (Å²) < 4.78 is 11.7. The molecule has 2 aromatic rings. The molecule has 132 valence electrons. The normalized spacial score (nSPS) is 24.0. The Hall–Kier alpha value is -2.05. The number of amides is 1. The lowest BCUT2D eigenvalue weighted by Gasteiger charge is -2.34. The van der Waals surface area contributed by atoms with Crippen molar-refractivity contribution in [1.29, 1.82) is 0 Å². The van der Waals surface area contributed by atoms with Crippen molar-refractivity contribution in [2.75, 3.05) is 19.8 Å². The number of carbonyl (C=O) groups is 1. The molecular weight excluding hydrogens is 318 g/mol. The fraction of sp³-hybridized carbons (Fsp3) is 0.526. The number of para-hydroxylation sites is 1. The summed E-state index contributed by atoms with van der Waals surface area (Å²) in [5.41, 5.74) is 1.87. The maximum absolute atomic E-state index is 12.8. The van der Waals surface area contributed by atoms with E-state index in [1.165, 1.54) is 19.3 Å². The van der Waals surface area contributed by atoms with Crippen molar-refractivity contribution < 1.29 is 14.3 Å². The van der Waals surface area contributed by atoms with Gasteiger partial charge < -0.3 is 14.8 Å². The Balaban J connectivity index is 1.45. The predicted molar refractivity (Wildman–Crippen MR) is 93.3 cm³/mol. The number of carbonyl (C=O) groups excluding carboxylic acids is 1. The fourth-order valence-corrected chi connectivity index (χ4v) is 3.39. The van der Waals surface area contributed by atoms with Crippen LogP contribution in [0.25, 0.3) is 11.0 Å². The third-order valence-electron chi connectivity index (χ3n) is 5.12. The standard InChI is InChI=1S/C19H23N3O3/c23-19(14-5-2-6-15-18(14)21-9-8-20-15)22-16-12-24-10-7-17(16)25-11-13-3-1-4-13/h2,5-6,8-9,13,16-17H,1,3-4,7,10-12H2,(H,22,23)/t16-,17+/m1/s1. The van der Waals surface area contributed by atoms with E-state index in [0.29, 0.717) is 35.7 Å². The van der Waals surface area contributed by atoms with Crippen molar-refractivity contribution in [1.82, 2.24) is 15.3 Å². The maximum Gasteiger partial charge on any atom is 0.253 e. The zero-order chi connectivity index (χ0) is 17.1. The molecule has 2 heterocycles. The minimum atomic E-state index is -0.154. The van der Waals surface area contributed by atoms with Gasteiger partial charge in [0.25, 0.3) is 5.91 Å². The van der Waals surface area contributed by atoms with Crippen LogP contribution in [0.15, 0.2) is 30.6 Å². The summed E-state index contributed by atoms with van der Waals surface area (Å²) in [6.07, 6.45) is 7.89. The summed E-state index contributed by atoms with van der Waals surface area (Å²) in [7, 11) is 0. The maximum atomic E-state index is 12.8. The molecule has 0 radical (unpaired) electrons. The molecule has 6 heteroatoms. The van der Waals surface area contributed by atoms with Gasteiger partial charge in [0.1, 0.15) is 5.52 Å². The zero-order valence-electron chi connectivity index (χ0n) is 14.2. The van der Waals surface area contributed by atoms with Gasteiger partial charge in [-0.15, -0.1) is 0 Å². The zero-order valence-corrected chi connectivity index (χ0v) is 14.2. The second kappa shape index (κ2) is 7.45. The van der Waals surface area contributed by atoms with Crippen LogP contribution in [-0.2, 0) is 9.47 Å². The third-order valence-corrected chi connectivity index (χ3v) is 5.12. The first-order valence-corrected chi connectivity index (χ1v) is 9.01. The molecule has 1 aromatic heterocycles. The van der Waals surface area contributed by atoms with Crippen LogP contribution in [0.1, 0.15) is 36.0 Å². The van der Waals surface area contributed by atoms with Crippen LogP contribution in [0, 0.1) is 5.92 Å². The quantitative estimate of drug-likeness (QED) is 0.903. The van der Waals surface area contributed by atoms with Crippen molar-refractivity contribution in [2.45, 2.75) is 37.8 Å². The third kappa shape index (κ3) is 3.65. The predicted octanol–water partition coefficient (Wildman–Crippen LogP) is 2.33. The Morgan fingerprint density at radius 1 is 1.24 bits per heavy atom. The molecule has 25 heavy (non-hydrogen) atoms. The largest absolute Gasteiger partial charge is 0.379 e. The van der Waals surface area contributed by atoms with Crippen LogP contribution in [0.3, 0.4) is 0 Å². The monoisotopic (exact) mass is 341 g/mol. The van der Waals surface area contributed by atoms with Gasteiger partial charge in [-0.2, -0.15) is 0 Å². The molecule has 1 aromatic carbocycles. The Labute approximate surface area is 146 Å². The number of rotatable bonds is 5. The molecule has 1 amide bonds. The summed E-state index contributed by atoms with van der Waals surface area (Å²) in [5.74, 6) is 0.534. The molecule has 2 aliphatic rings. The molecule has 6 nitrogen and oxygen atoms in total. The molecule has 1 aliphatic carbocycles. The molecule has 0 bridgehead atoms. The summed E-state index contributed by atoms with van der Waals surface area (Å²) in [6, 6.07) is 5.33. The fourth-order valence-electron chi connectivity index (χ4n) is 3.39. The number of aromatic nitrogens is 2. The lowest BCUT2D eigenvalue weighted by atomic mass is 9.86. The van der Waals surface area contributed by atoms with Crippen LogP contribution in [0.4, 0.5) is 0 Å². The van der Waals surface area contributed by atoms with Gasteiger partial charge in [0.2, 0.25) is 0 Å². The highest BCUT2D eigenvalue weighted by atomic mass is 16.5. The summed E-state index contributed by atoms with van der Waals surface area (Å²) in [6.45, 7) is 1.95. The minimum Gasteiger partial charge on any atom is -0.379 e. The number of benzene rings is 1. The SMILES string of the molecule is O=C(N[C@@H]1COCC[C@@H]1OCC1CCC1)c1cccc2nccnc12. The number of fused-ring (bicyclic) bond motifs is 1. The highest BCUT2D eigenvalue weighted by Crippen LogP contribution is 2.27. The van der Waals surface area contributed by atoms with Gasteiger partial charge in [-0.1, -0.05) is 12.5 Å². The second-order valence-corrected chi connectivity index (χ2v) is 6.84. The van der Waals surface area contributed by atoms with Crippen LogP contribution < -0.4 is 5.32 Å². The molecule has 0 unspecified atom stereocenters. The van der Waals surface area contributed by atoms with Crippen LogP contribution in [0.2, 0.25) is 0 Å². The van der Waals surface area contributed by atoms with Gasteiger partial charge in [0.15, 0.2) is 0 Å². The van der Waals surface area contributed by atoms with Crippen LogP contribution in [0.5, 0.6) is 0 Å². The van der Waals surface area contributed by atoms with Gasteiger partial charge in [-0.3, -0.25) is 14.8 Å². The molecule has 0 spiro atoms. The van der Waals surface area contributed by atoms with Gasteiger partial charge in [0.05, 0.1) is 29.8 Å². The van der Waals surface area contributed by atoms with E-state index in [1.807, 2.05) is 12.1 Å². The van der Waals surface area contributed by atoms with E-state index in [1.54, 1.807) is 18.5 Å². The lowest BCUT2D eigenvalue weighted by molar-refractivity contribution is -0.0696. The molecule has 1 N–H and O–H groups in total. The van der Waals surface area contributed by atoms with Crippen LogP contribution in [-0.4, -0.2) is 47.8 Å². The van der Waals surface area contributed by atoms with E-state index in [2.05, 4.69) is 15.3 Å². The number of nitrogens with zero attached hydrogens (tertiary/aromatic N) is 2. The van der Waals surface area contributed by atoms with E-state index < -0.39 is 0 Å². The Kier molecular flexibility index (Phi) is 4.90. The molecule has 2 fully saturated rings. The van der Waals surface area contributed by atoms with E-state index >= 15 is 0 Å². The summed E-state index contributed by atoms with van der Waals surface area (Å²) in [4.78, 5) is 21.4. The van der Waals surface area contributed by atoms with Crippen LogP contribution >= 0.6 is 0 Å². The molecule has 2 atom stereocenters. The highest BCUT2D eigenvalue weighted by molar-refractivity contribution is 6.04.